The van der Waals surface area contributed by atoms with Crippen molar-refractivity contribution in [3.05, 3.63) is 28.1 Å². The van der Waals surface area contributed by atoms with Gasteiger partial charge in [-0.2, -0.15) is 0 Å². The van der Waals surface area contributed by atoms with E-state index in [2.05, 4.69) is 15.2 Å². The minimum atomic E-state index is 0.0129. The van der Waals surface area contributed by atoms with E-state index in [9.17, 15) is 4.79 Å². The van der Waals surface area contributed by atoms with E-state index in [1.54, 1.807) is 0 Å². The first kappa shape index (κ1) is 15.1. The molecule has 5 heterocycles. The van der Waals surface area contributed by atoms with Crippen molar-refractivity contribution in [1.29, 1.82) is 0 Å². The lowest BCUT2D eigenvalue weighted by Gasteiger charge is -2.44. The Labute approximate surface area is 143 Å². The fourth-order valence-electron chi connectivity index (χ4n) is 3.33. The summed E-state index contributed by atoms with van der Waals surface area (Å²) in [5.41, 5.74) is 0.946. The number of piperidine rings is 3. The van der Waals surface area contributed by atoms with E-state index >= 15 is 0 Å². The molecular formula is C16H19N3O2S2. The molecule has 122 valence electrons. The van der Waals surface area contributed by atoms with Gasteiger partial charge in [-0.3, -0.25) is 4.79 Å². The first-order chi connectivity index (χ1) is 11.2. The van der Waals surface area contributed by atoms with Gasteiger partial charge in [0.15, 0.2) is 5.06 Å². The SMILES string of the molecule is Cc1csc(Oc2ccc(C(=O)N[C@H]3CN4CCC3CC4)s2)n1. The van der Waals surface area contributed by atoms with Crippen LogP contribution < -0.4 is 10.1 Å². The zero-order chi connectivity index (χ0) is 15.8. The molecule has 1 N–H and O–H groups in total. The van der Waals surface area contributed by atoms with Crippen LogP contribution in [0.3, 0.4) is 0 Å². The van der Waals surface area contributed by atoms with E-state index in [0.29, 0.717) is 21.1 Å². The Morgan fingerprint density at radius 2 is 2.22 bits per heavy atom. The second-order valence-electron chi connectivity index (χ2n) is 6.19. The fourth-order valence-corrected chi connectivity index (χ4v) is 4.80. The van der Waals surface area contributed by atoms with Gasteiger partial charge in [-0.1, -0.05) is 22.7 Å². The third kappa shape index (κ3) is 3.27. The molecule has 5 rings (SSSR count). The maximum Gasteiger partial charge on any atom is 0.279 e. The molecule has 1 atom stereocenters. The number of carbonyl (C=O) groups excluding carboxylic acids is 1. The molecule has 0 spiro atoms. The van der Waals surface area contributed by atoms with Crippen molar-refractivity contribution < 1.29 is 9.53 Å². The van der Waals surface area contributed by atoms with Gasteiger partial charge < -0.3 is 15.0 Å². The second-order valence-corrected chi connectivity index (χ2v) is 8.06. The number of nitrogens with zero attached hydrogens (tertiary/aromatic N) is 2. The van der Waals surface area contributed by atoms with Gasteiger partial charge in [-0.15, -0.1) is 0 Å². The van der Waals surface area contributed by atoms with Crippen molar-refractivity contribution in [1.82, 2.24) is 15.2 Å². The Balaban J connectivity index is 1.39. The monoisotopic (exact) mass is 349 g/mol. The summed E-state index contributed by atoms with van der Waals surface area (Å²) >= 11 is 2.84. The van der Waals surface area contributed by atoms with Gasteiger partial charge in [0.25, 0.3) is 11.1 Å². The summed E-state index contributed by atoms with van der Waals surface area (Å²) in [5.74, 6) is 0.650. The van der Waals surface area contributed by atoms with Crippen LogP contribution in [0.2, 0.25) is 0 Å². The minimum absolute atomic E-state index is 0.0129. The van der Waals surface area contributed by atoms with Crippen LogP contribution in [0.4, 0.5) is 0 Å². The van der Waals surface area contributed by atoms with E-state index in [-0.39, 0.29) is 11.9 Å². The smallest absolute Gasteiger partial charge is 0.279 e. The molecule has 0 radical (unpaired) electrons. The summed E-state index contributed by atoms with van der Waals surface area (Å²) in [6.07, 6.45) is 2.40. The molecular weight excluding hydrogens is 330 g/mol. The minimum Gasteiger partial charge on any atom is -0.420 e. The van der Waals surface area contributed by atoms with Crippen molar-refractivity contribution in [3.63, 3.8) is 0 Å². The van der Waals surface area contributed by atoms with E-state index in [0.717, 1.165) is 12.2 Å². The van der Waals surface area contributed by atoms with Crippen LogP contribution in [0, 0.1) is 12.8 Å². The lowest BCUT2D eigenvalue weighted by molar-refractivity contribution is 0.0622. The quantitative estimate of drug-likeness (QED) is 0.921. The van der Waals surface area contributed by atoms with Crippen LogP contribution in [0.25, 0.3) is 0 Å². The Kier molecular flexibility index (Phi) is 4.09. The largest absolute Gasteiger partial charge is 0.420 e. The number of nitrogens with one attached hydrogen (secondary N) is 1. The van der Waals surface area contributed by atoms with Crippen molar-refractivity contribution in [2.24, 2.45) is 5.92 Å². The molecule has 2 aromatic rings. The standard InChI is InChI=1S/C16H19N3O2S2/c1-10-9-22-16(17-10)21-14-3-2-13(23-14)15(20)18-12-8-19-6-4-11(12)5-7-19/h2-3,9,11-12H,4-8H2,1H3,(H,18,20)/t12-/m0/s1. The number of hydrogen-bond donors (Lipinski definition) is 1. The first-order valence-corrected chi connectivity index (χ1v) is 9.60. The van der Waals surface area contributed by atoms with Crippen molar-refractivity contribution in [2.45, 2.75) is 25.8 Å². The Hall–Kier alpha value is -1.44. The van der Waals surface area contributed by atoms with Gasteiger partial charge in [0.2, 0.25) is 0 Å². The summed E-state index contributed by atoms with van der Waals surface area (Å²) in [6.45, 7) is 5.29. The number of carbonyl (C=O) groups is 1. The number of fused-ring (bicyclic) bond motifs is 3. The van der Waals surface area contributed by atoms with Crippen LogP contribution in [0.5, 0.6) is 10.3 Å². The number of amides is 1. The average molecular weight is 349 g/mol. The molecule has 1 amide bonds. The molecule has 3 aliphatic heterocycles. The highest BCUT2D eigenvalue weighted by Crippen LogP contribution is 2.32. The molecule has 0 aliphatic carbocycles. The Morgan fingerprint density at radius 3 is 2.87 bits per heavy atom. The molecule has 7 heteroatoms. The number of aryl methyl sites for hydroxylation is 1. The molecule has 3 aliphatic rings. The number of hydrogen-bond acceptors (Lipinski definition) is 6. The predicted molar refractivity (Wildman–Crippen MR) is 91.7 cm³/mol. The predicted octanol–water partition coefficient (Wildman–Crippen LogP) is 3.13. The van der Waals surface area contributed by atoms with Gasteiger partial charge in [0, 0.05) is 18.0 Å². The normalized spacial score (nSPS) is 26.2. The third-order valence-corrected chi connectivity index (χ3v) is 6.36. The van der Waals surface area contributed by atoms with Crippen LogP contribution >= 0.6 is 22.7 Å². The van der Waals surface area contributed by atoms with Crippen LogP contribution in [0.1, 0.15) is 28.2 Å². The summed E-state index contributed by atoms with van der Waals surface area (Å²) in [6, 6.07) is 3.96. The number of thiophene rings is 1. The number of thiazole rings is 1. The summed E-state index contributed by atoms with van der Waals surface area (Å²) < 4.78 is 5.71. The molecule has 3 fully saturated rings. The highest BCUT2D eigenvalue weighted by atomic mass is 32.1. The van der Waals surface area contributed by atoms with E-state index < -0.39 is 0 Å². The summed E-state index contributed by atoms with van der Waals surface area (Å²) in [5, 5.41) is 6.48. The molecule has 0 unspecified atom stereocenters. The molecule has 2 aromatic heterocycles. The van der Waals surface area contributed by atoms with E-state index in [4.69, 9.17) is 4.74 Å². The first-order valence-electron chi connectivity index (χ1n) is 7.90. The number of aromatic nitrogens is 1. The topological polar surface area (TPSA) is 54.5 Å². The molecule has 0 aromatic carbocycles. The number of ether oxygens (including phenoxy) is 1. The lowest BCUT2D eigenvalue weighted by atomic mass is 9.84. The highest BCUT2D eigenvalue weighted by molar-refractivity contribution is 7.16. The van der Waals surface area contributed by atoms with Gasteiger partial charge in [0.05, 0.1) is 10.6 Å². The van der Waals surface area contributed by atoms with Crippen LogP contribution in [-0.2, 0) is 0 Å². The molecule has 23 heavy (non-hydrogen) atoms. The van der Waals surface area contributed by atoms with E-state index in [1.807, 2.05) is 24.4 Å². The van der Waals surface area contributed by atoms with Gasteiger partial charge >= 0.3 is 0 Å². The lowest BCUT2D eigenvalue weighted by Crippen LogP contribution is -2.57. The van der Waals surface area contributed by atoms with Gasteiger partial charge in [-0.25, -0.2) is 4.98 Å². The highest BCUT2D eigenvalue weighted by Gasteiger charge is 2.35. The Bertz CT molecular complexity index is 704. The van der Waals surface area contributed by atoms with Gasteiger partial charge in [-0.05, 0) is 50.9 Å². The average Bonchev–Trinajstić information content (AvgIpc) is 3.18. The van der Waals surface area contributed by atoms with Crippen LogP contribution in [-0.4, -0.2) is 41.5 Å². The maximum atomic E-state index is 12.5. The van der Waals surface area contributed by atoms with Crippen molar-refractivity contribution >= 4 is 28.6 Å². The van der Waals surface area contributed by atoms with Gasteiger partial charge in [0.1, 0.15) is 0 Å². The Morgan fingerprint density at radius 1 is 1.39 bits per heavy atom. The molecule has 3 saturated heterocycles. The summed E-state index contributed by atoms with van der Waals surface area (Å²) in [7, 11) is 0. The van der Waals surface area contributed by atoms with Crippen molar-refractivity contribution in [2.75, 3.05) is 19.6 Å². The number of rotatable bonds is 4. The van der Waals surface area contributed by atoms with E-state index in [1.165, 1.54) is 48.6 Å². The molecule has 5 nitrogen and oxygen atoms in total. The molecule has 0 saturated carbocycles. The van der Waals surface area contributed by atoms with Crippen molar-refractivity contribution in [3.8, 4) is 10.3 Å². The zero-order valence-corrected chi connectivity index (χ0v) is 14.6. The maximum absolute atomic E-state index is 12.5. The third-order valence-electron chi connectivity index (χ3n) is 4.56. The summed E-state index contributed by atoms with van der Waals surface area (Å²) in [4.78, 5) is 19.9. The zero-order valence-electron chi connectivity index (χ0n) is 12.9. The second kappa shape index (κ2) is 6.22. The fraction of sp³-hybridized carbons (Fsp3) is 0.500. The van der Waals surface area contributed by atoms with Crippen LogP contribution in [0.15, 0.2) is 17.5 Å². The molecule has 2 bridgehead atoms.